The highest BCUT2D eigenvalue weighted by molar-refractivity contribution is 7.89. The zero-order chi connectivity index (χ0) is 23.6. The van der Waals surface area contributed by atoms with Crippen molar-refractivity contribution in [1.29, 1.82) is 0 Å². The lowest BCUT2D eigenvalue weighted by atomic mass is 10.1. The van der Waals surface area contributed by atoms with Gasteiger partial charge in [0.05, 0.1) is 16.6 Å². The molecule has 0 saturated carbocycles. The summed E-state index contributed by atoms with van der Waals surface area (Å²) in [5, 5.41) is 8.05. The maximum atomic E-state index is 12.6. The largest absolute Gasteiger partial charge is 0.487 e. The highest BCUT2D eigenvalue weighted by atomic mass is 32.2. The van der Waals surface area contributed by atoms with Crippen molar-refractivity contribution in [3.63, 3.8) is 0 Å². The van der Waals surface area contributed by atoms with Crippen molar-refractivity contribution < 1.29 is 17.9 Å². The molecule has 3 N–H and O–H groups in total. The molecule has 2 aromatic carbocycles. The number of aromatic nitrogens is 2. The molecule has 0 aliphatic rings. The number of pyridine rings is 1. The molecule has 0 aliphatic heterocycles. The first-order valence-electron chi connectivity index (χ1n) is 10.3. The number of ether oxygens (including phenoxy) is 1. The van der Waals surface area contributed by atoms with Gasteiger partial charge in [0.15, 0.2) is 0 Å². The van der Waals surface area contributed by atoms with Gasteiger partial charge in [-0.25, -0.2) is 18.5 Å². The van der Waals surface area contributed by atoms with Gasteiger partial charge in [-0.05, 0) is 67.4 Å². The van der Waals surface area contributed by atoms with Crippen molar-refractivity contribution in [3.8, 4) is 5.75 Å². The second-order valence-corrected chi connectivity index (χ2v) is 9.34. The minimum Gasteiger partial charge on any atom is -0.487 e. The van der Waals surface area contributed by atoms with Crippen LogP contribution in [0.15, 0.2) is 78.0 Å². The number of carbonyl (C=O) groups is 1. The topological polar surface area (TPSA) is 116 Å². The van der Waals surface area contributed by atoms with E-state index in [0.717, 1.165) is 16.9 Å². The monoisotopic (exact) mass is 464 g/mol. The minimum absolute atomic E-state index is 0.00312. The van der Waals surface area contributed by atoms with Crippen LogP contribution in [0.25, 0.3) is 5.65 Å². The van der Waals surface area contributed by atoms with E-state index in [9.17, 15) is 13.2 Å². The molecule has 0 saturated heterocycles. The van der Waals surface area contributed by atoms with Crippen molar-refractivity contribution in [1.82, 2.24) is 14.7 Å². The summed E-state index contributed by atoms with van der Waals surface area (Å²) < 4.78 is 30.9. The Bertz CT molecular complexity index is 1410. The van der Waals surface area contributed by atoms with E-state index < -0.39 is 16.1 Å². The predicted octanol–water partition coefficient (Wildman–Crippen LogP) is 3.36. The van der Waals surface area contributed by atoms with Crippen LogP contribution in [0.2, 0.25) is 0 Å². The number of hydrogen-bond acceptors (Lipinski definition) is 5. The van der Waals surface area contributed by atoms with Gasteiger partial charge < -0.3 is 14.5 Å². The summed E-state index contributed by atoms with van der Waals surface area (Å²) in [5.41, 5.74) is 3.89. The van der Waals surface area contributed by atoms with E-state index in [-0.39, 0.29) is 10.8 Å². The van der Waals surface area contributed by atoms with Gasteiger partial charge in [0, 0.05) is 18.0 Å². The lowest BCUT2D eigenvalue weighted by Crippen LogP contribution is -2.26. The molecular weight excluding hydrogens is 440 g/mol. The maximum Gasteiger partial charge on any atom is 0.251 e. The number of nitrogens with one attached hydrogen (secondary N) is 1. The number of benzene rings is 2. The van der Waals surface area contributed by atoms with Crippen molar-refractivity contribution in [3.05, 3.63) is 95.4 Å². The molecule has 1 atom stereocenters. The Balaban J connectivity index is 1.38. The number of rotatable bonds is 7. The Morgan fingerprint density at radius 3 is 2.61 bits per heavy atom. The molecule has 170 valence electrons. The Kier molecular flexibility index (Phi) is 6.17. The van der Waals surface area contributed by atoms with Gasteiger partial charge in [-0.3, -0.25) is 4.79 Å². The van der Waals surface area contributed by atoms with Gasteiger partial charge in [-0.1, -0.05) is 18.2 Å². The molecule has 0 aliphatic carbocycles. The number of aryl methyl sites for hydroxylation is 1. The molecule has 8 nitrogen and oxygen atoms in total. The van der Waals surface area contributed by atoms with Crippen LogP contribution in [-0.2, 0) is 16.6 Å². The molecule has 1 unspecified atom stereocenters. The first-order valence-corrected chi connectivity index (χ1v) is 11.8. The van der Waals surface area contributed by atoms with Gasteiger partial charge in [0.2, 0.25) is 10.0 Å². The fraction of sp³-hybridized carbons (Fsp3) is 0.167. The van der Waals surface area contributed by atoms with E-state index in [1.54, 1.807) is 43.3 Å². The van der Waals surface area contributed by atoms with Crippen molar-refractivity contribution in [2.24, 2.45) is 5.14 Å². The molecule has 0 radical (unpaired) electrons. The molecule has 0 bridgehead atoms. The fourth-order valence-corrected chi connectivity index (χ4v) is 4.03. The van der Waals surface area contributed by atoms with Crippen molar-refractivity contribution >= 4 is 21.6 Å². The average Bonchev–Trinajstić information content (AvgIpc) is 3.22. The predicted molar refractivity (Wildman–Crippen MR) is 124 cm³/mol. The maximum absolute atomic E-state index is 12.6. The normalized spacial score (nSPS) is 12.5. The van der Waals surface area contributed by atoms with Crippen LogP contribution in [0.3, 0.4) is 0 Å². The van der Waals surface area contributed by atoms with Crippen LogP contribution in [0.1, 0.15) is 40.1 Å². The first-order chi connectivity index (χ1) is 15.7. The number of amides is 1. The quantitative estimate of drug-likeness (QED) is 0.435. The van der Waals surface area contributed by atoms with Crippen LogP contribution in [0.5, 0.6) is 5.75 Å². The van der Waals surface area contributed by atoms with E-state index in [2.05, 4.69) is 10.3 Å². The van der Waals surface area contributed by atoms with Crippen molar-refractivity contribution in [2.45, 2.75) is 31.4 Å². The summed E-state index contributed by atoms with van der Waals surface area (Å²) in [5.74, 6) is 0.333. The van der Waals surface area contributed by atoms with Crippen LogP contribution >= 0.6 is 0 Å². The minimum atomic E-state index is -3.81. The summed E-state index contributed by atoms with van der Waals surface area (Å²) in [6.07, 6.45) is 3.87. The third-order valence-corrected chi connectivity index (χ3v) is 6.18. The molecule has 0 fully saturated rings. The number of nitrogens with zero attached hydrogens (tertiary/aromatic N) is 2. The Labute approximate surface area is 192 Å². The molecule has 4 aromatic rings. The van der Waals surface area contributed by atoms with Gasteiger partial charge in [0.1, 0.15) is 18.0 Å². The van der Waals surface area contributed by atoms with Crippen LogP contribution < -0.4 is 15.2 Å². The number of fused-ring (bicyclic) bond motifs is 1. The van der Waals surface area contributed by atoms with Gasteiger partial charge >= 0.3 is 0 Å². The summed E-state index contributed by atoms with van der Waals surface area (Å²) in [6, 6.07) is 16.6. The average molecular weight is 465 g/mol. The number of sulfonamides is 1. The number of primary sulfonamides is 1. The number of nitrogens with two attached hydrogens (primary N) is 1. The van der Waals surface area contributed by atoms with E-state index >= 15 is 0 Å². The van der Waals surface area contributed by atoms with Gasteiger partial charge in [-0.15, -0.1) is 0 Å². The van der Waals surface area contributed by atoms with E-state index in [1.807, 2.05) is 35.9 Å². The third-order valence-electron chi connectivity index (χ3n) is 5.27. The second-order valence-electron chi connectivity index (χ2n) is 7.78. The summed E-state index contributed by atoms with van der Waals surface area (Å²) in [7, 11) is -3.81. The van der Waals surface area contributed by atoms with Crippen LogP contribution in [-0.4, -0.2) is 23.7 Å². The van der Waals surface area contributed by atoms with Crippen LogP contribution in [0.4, 0.5) is 0 Å². The van der Waals surface area contributed by atoms with Crippen molar-refractivity contribution in [2.75, 3.05) is 0 Å². The Hall–Kier alpha value is -3.69. The number of carbonyl (C=O) groups excluding carboxylic acids is 1. The van der Waals surface area contributed by atoms with Gasteiger partial charge in [-0.2, -0.15) is 0 Å². The molecule has 9 heteroatoms. The SMILES string of the molecule is Cc1cccn2cc(COc3ccc(C(=O)NC(C)c4cccc(S(N)(=O)=O)c4)cc3)nc12. The lowest BCUT2D eigenvalue weighted by molar-refractivity contribution is 0.0940. The molecule has 0 spiro atoms. The molecule has 2 heterocycles. The van der Waals surface area contributed by atoms with E-state index in [4.69, 9.17) is 9.88 Å². The summed E-state index contributed by atoms with van der Waals surface area (Å²) in [6.45, 7) is 4.09. The second kappa shape index (κ2) is 9.05. The molecule has 4 rings (SSSR count). The summed E-state index contributed by atoms with van der Waals surface area (Å²) >= 11 is 0. The van der Waals surface area contributed by atoms with Crippen LogP contribution in [0, 0.1) is 6.92 Å². The standard InChI is InChI=1S/C24H24N4O4S/c1-16-5-4-12-28-14-20(27-23(16)28)15-32-21-10-8-18(9-11-21)24(29)26-17(2)19-6-3-7-22(13-19)33(25,30)31/h3-14,17H,15H2,1-2H3,(H,26,29)(H2,25,30,31). The smallest absolute Gasteiger partial charge is 0.251 e. The lowest BCUT2D eigenvalue weighted by Gasteiger charge is -2.15. The molecule has 2 aromatic heterocycles. The Morgan fingerprint density at radius 1 is 1.15 bits per heavy atom. The zero-order valence-electron chi connectivity index (χ0n) is 18.2. The fourth-order valence-electron chi connectivity index (χ4n) is 3.46. The highest BCUT2D eigenvalue weighted by Gasteiger charge is 2.15. The third kappa shape index (κ3) is 5.21. The highest BCUT2D eigenvalue weighted by Crippen LogP contribution is 2.19. The summed E-state index contributed by atoms with van der Waals surface area (Å²) in [4.78, 5) is 17.2. The molecular formula is C24H24N4O4S. The van der Waals surface area contributed by atoms with Gasteiger partial charge in [0.25, 0.3) is 5.91 Å². The zero-order valence-corrected chi connectivity index (χ0v) is 19.0. The first kappa shape index (κ1) is 22.5. The van der Waals surface area contributed by atoms with E-state index in [1.165, 1.54) is 12.1 Å². The van der Waals surface area contributed by atoms with E-state index in [0.29, 0.717) is 23.5 Å². The number of hydrogen-bond donors (Lipinski definition) is 2. The Morgan fingerprint density at radius 2 is 1.91 bits per heavy atom. The molecule has 33 heavy (non-hydrogen) atoms. The number of imidazole rings is 1. The molecule has 1 amide bonds.